The molecule has 0 spiro atoms. The van der Waals surface area contributed by atoms with E-state index in [9.17, 15) is 4.39 Å². The molecule has 0 bridgehead atoms. The SMILES string of the molecule is Cc1ccc(Cl)c([C@H](CC(C)C)N2CCNCC2)c1F. The van der Waals surface area contributed by atoms with E-state index in [0.29, 0.717) is 22.1 Å². The molecule has 0 aliphatic carbocycles. The maximum absolute atomic E-state index is 14.6. The molecular weight excluding hydrogens is 275 g/mol. The van der Waals surface area contributed by atoms with Gasteiger partial charge < -0.3 is 5.32 Å². The van der Waals surface area contributed by atoms with Crippen LogP contribution in [0.25, 0.3) is 0 Å². The van der Waals surface area contributed by atoms with Crippen LogP contribution in [0.1, 0.15) is 37.4 Å². The Labute approximate surface area is 126 Å². The van der Waals surface area contributed by atoms with Gasteiger partial charge in [-0.3, -0.25) is 4.90 Å². The number of benzene rings is 1. The van der Waals surface area contributed by atoms with Crippen molar-refractivity contribution in [1.29, 1.82) is 0 Å². The fraction of sp³-hybridized carbons (Fsp3) is 0.625. The van der Waals surface area contributed by atoms with Crippen LogP contribution in [0.5, 0.6) is 0 Å². The Morgan fingerprint density at radius 1 is 1.30 bits per heavy atom. The number of aryl methyl sites for hydroxylation is 1. The van der Waals surface area contributed by atoms with Crippen molar-refractivity contribution in [1.82, 2.24) is 10.2 Å². The fourth-order valence-electron chi connectivity index (χ4n) is 2.87. The Hall–Kier alpha value is -0.640. The van der Waals surface area contributed by atoms with Crippen LogP contribution >= 0.6 is 11.6 Å². The minimum Gasteiger partial charge on any atom is -0.314 e. The van der Waals surface area contributed by atoms with Crippen LogP contribution < -0.4 is 5.32 Å². The summed E-state index contributed by atoms with van der Waals surface area (Å²) in [6.07, 6.45) is 0.931. The third-order valence-corrected chi connectivity index (χ3v) is 4.27. The summed E-state index contributed by atoms with van der Waals surface area (Å²) in [6, 6.07) is 3.65. The van der Waals surface area contributed by atoms with Gasteiger partial charge in [0.1, 0.15) is 5.82 Å². The third-order valence-electron chi connectivity index (χ3n) is 3.94. The van der Waals surface area contributed by atoms with Crippen LogP contribution in [0.2, 0.25) is 5.02 Å². The van der Waals surface area contributed by atoms with Gasteiger partial charge in [0.25, 0.3) is 0 Å². The summed E-state index contributed by atoms with van der Waals surface area (Å²) in [4.78, 5) is 2.36. The maximum atomic E-state index is 14.6. The molecule has 112 valence electrons. The largest absolute Gasteiger partial charge is 0.314 e. The molecule has 1 aliphatic heterocycles. The summed E-state index contributed by atoms with van der Waals surface area (Å²) in [7, 11) is 0. The average molecular weight is 299 g/mol. The quantitative estimate of drug-likeness (QED) is 0.910. The molecule has 0 radical (unpaired) electrons. The van der Waals surface area contributed by atoms with Gasteiger partial charge in [-0.15, -0.1) is 0 Å². The van der Waals surface area contributed by atoms with E-state index in [1.165, 1.54) is 0 Å². The molecule has 1 aromatic carbocycles. The predicted molar refractivity (Wildman–Crippen MR) is 82.8 cm³/mol. The highest BCUT2D eigenvalue weighted by Gasteiger charge is 2.28. The zero-order valence-electron chi connectivity index (χ0n) is 12.5. The van der Waals surface area contributed by atoms with Gasteiger partial charge in [0, 0.05) is 42.8 Å². The van der Waals surface area contributed by atoms with Crippen LogP contribution in [-0.4, -0.2) is 31.1 Å². The van der Waals surface area contributed by atoms with Gasteiger partial charge in [0.2, 0.25) is 0 Å². The Kier molecular flexibility index (Phi) is 5.42. The molecule has 1 atom stereocenters. The first kappa shape index (κ1) is 15.7. The van der Waals surface area contributed by atoms with Crippen molar-refractivity contribution in [3.05, 3.63) is 34.1 Å². The molecule has 2 nitrogen and oxygen atoms in total. The number of hydrogen-bond donors (Lipinski definition) is 1. The lowest BCUT2D eigenvalue weighted by Crippen LogP contribution is -2.45. The lowest BCUT2D eigenvalue weighted by atomic mass is 9.93. The van der Waals surface area contributed by atoms with E-state index in [0.717, 1.165) is 32.6 Å². The molecule has 1 fully saturated rings. The number of halogens is 2. The Balaban J connectivity index is 2.37. The topological polar surface area (TPSA) is 15.3 Å². The normalized spacial score (nSPS) is 18.5. The fourth-order valence-corrected chi connectivity index (χ4v) is 3.15. The summed E-state index contributed by atoms with van der Waals surface area (Å²) >= 11 is 6.32. The van der Waals surface area contributed by atoms with Crippen molar-refractivity contribution in [2.45, 2.75) is 33.2 Å². The molecule has 1 heterocycles. The Morgan fingerprint density at radius 2 is 1.95 bits per heavy atom. The molecule has 4 heteroatoms. The van der Waals surface area contributed by atoms with E-state index in [2.05, 4.69) is 24.1 Å². The van der Waals surface area contributed by atoms with Gasteiger partial charge in [0.05, 0.1) is 0 Å². The first-order chi connectivity index (χ1) is 9.50. The van der Waals surface area contributed by atoms with Crippen LogP contribution in [0.15, 0.2) is 12.1 Å². The smallest absolute Gasteiger partial charge is 0.132 e. The van der Waals surface area contributed by atoms with E-state index >= 15 is 0 Å². The van der Waals surface area contributed by atoms with Crippen LogP contribution in [-0.2, 0) is 0 Å². The summed E-state index contributed by atoms with van der Waals surface area (Å²) in [5.41, 5.74) is 1.36. The maximum Gasteiger partial charge on any atom is 0.132 e. The number of nitrogens with zero attached hydrogens (tertiary/aromatic N) is 1. The number of nitrogens with one attached hydrogen (secondary N) is 1. The van der Waals surface area contributed by atoms with E-state index in [1.54, 1.807) is 13.0 Å². The highest BCUT2D eigenvalue weighted by molar-refractivity contribution is 6.31. The monoisotopic (exact) mass is 298 g/mol. The number of hydrogen-bond acceptors (Lipinski definition) is 2. The van der Waals surface area contributed by atoms with Crippen molar-refractivity contribution in [2.24, 2.45) is 5.92 Å². The summed E-state index contributed by atoms with van der Waals surface area (Å²) < 4.78 is 14.6. The van der Waals surface area contributed by atoms with Crippen LogP contribution in [0, 0.1) is 18.7 Å². The predicted octanol–water partition coefficient (Wildman–Crippen LogP) is 3.78. The van der Waals surface area contributed by atoms with Gasteiger partial charge in [-0.25, -0.2) is 4.39 Å². The van der Waals surface area contributed by atoms with Crippen LogP contribution in [0.3, 0.4) is 0 Å². The molecule has 2 rings (SSSR count). The van der Waals surface area contributed by atoms with Gasteiger partial charge in [0.15, 0.2) is 0 Å². The van der Waals surface area contributed by atoms with Crippen molar-refractivity contribution < 1.29 is 4.39 Å². The van der Waals surface area contributed by atoms with Crippen LogP contribution in [0.4, 0.5) is 4.39 Å². The molecule has 0 unspecified atom stereocenters. The van der Waals surface area contributed by atoms with Crippen molar-refractivity contribution in [3.63, 3.8) is 0 Å². The zero-order valence-corrected chi connectivity index (χ0v) is 13.3. The Morgan fingerprint density at radius 3 is 2.55 bits per heavy atom. The van der Waals surface area contributed by atoms with Gasteiger partial charge in [-0.05, 0) is 30.9 Å². The summed E-state index contributed by atoms with van der Waals surface area (Å²) in [5, 5.41) is 3.90. The van der Waals surface area contributed by atoms with E-state index in [4.69, 9.17) is 11.6 Å². The Bertz CT molecular complexity index is 456. The molecule has 1 aromatic rings. The van der Waals surface area contributed by atoms with Gasteiger partial charge >= 0.3 is 0 Å². The minimum atomic E-state index is -0.137. The van der Waals surface area contributed by atoms with Gasteiger partial charge in [-0.2, -0.15) is 0 Å². The van der Waals surface area contributed by atoms with E-state index in [1.807, 2.05) is 6.07 Å². The lowest BCUT2D eigenvalue weighted by molar-refractivity contribution is 0.151. The first-order valence-corrected chi connectivity index (χ1v) is 7.77. The molecular formula is C16H24ClFN2. The molecule has 0 amide bonds. The second-order valence-corrected chi connectivity index (χ2v) is 6.43. The molecule has 1 aliphatic rings. The third kappa shape index (κ3) is 3.51. The molecule has 1 N–H and O–H groups in total. The van der Waals surface area contributed by atoms with E-state index in [-0.39, 0.29) is 11.9 Å². The minimum absolute atomic E-state index is 0.0736. The second-order valence-electron chi connectivity index (χ2n) is 6.02. The van der Waals surface area contributed by atoms with Crippen molar-refractivity contribution >= 4 is 11.6 Å². The highest BCUT2D eigenvalue weighted by Crippen LogP contribution is 2.35. The first-order valence-electron chi connectivity index (χ1n) is 7.40. The molecule has 1 saturated heterocycles. The number of rotatable bonds is 4. The van der Waals surface area contributed by atoms with E-state index < -0.39 is 0 Å². The number of piperazine rings is 1. The van der Waals surface area contributed by atoms with Crippen molar-refractivity contribution in [2.75, 3.05) is 26.2 Å². The molecule has 20 heavy (non-hydrogen) atoms. The van der Waals surface area contributed by atoms with Gasteiger partial charge in [-0.1, -0.05) is 31.5 Å². The molecule has 0 aromatic heterocycles. The zero-order chi connectivity index (χ0) is 14.7. The standard InChI is InChI=1S/C16H24ClFN2/c1-11(2)10-14(20-8-6-19-7-9-20)15-13(17)5-4-12(3)16(15)18/h4-5,11,14,19H,6-10H2,1-3H3/t14-/m0/s1. The average Bonchev–Trinajstić information content (AvgIpc) is 2.43. The van der Waals surface area contributed by atoms with Crippen molar-refractivity contribution in [3.8, 4) is 0 Å². The highest BCUT2D eigenvalue weighted by atomic mass is 35.5. The lowest BCUT2D eigenvalue weighted by Gasteiger charge is -2.36. The summed E-state index contributed by atoms with van der Waals surface area (Å²) in [5.74, 6) is 0.368. The summed E-state index contributed by atoms with van der Waals surface area (Å²) in [6.45, 7) is 9.97. The second kappa shape index (κ2) is 6.88. The molecule has 0 saturated carbocycles.